The summed E-state index contributed by atoms with van der Waals surface area (Å²) in [6, 6.07) is 3.88. The average molecular weight is 228 g/mol. The number of amides is 1. The van der Waals surface area contributed by atoms with E-state index in [2.05, 4.69) is 20.6 Å². The summed E-state index contributed by atoms with van der Waals surface area (Å²) in [6.45, 7) is 3.26. The molecule has 3 rings (SSSR count). The molecule has 0 spiro atoms. The minimum Gasteiger partial charge on any atom is -0.382 e. The van der Waals surface area contributed by atoms with Gasteiger partial charge in [-0.1, -0.05) is 0 Å². The number of nitrogens with zero attached hydrogens (tertiary/aromatic N) is 2. The first-order valence-corrected chi connectivity index (χ1v) is 5.54. The third kappa shape index (κ3) is 1.60. The van der Waals surface area contributed by atoms with Gasteiger partial charge in [-0.3, -0.25) is 4.79 Å². The Hall–Kier alpha value is -2.17. The Balaban J connectivity index is 2.31. The largest absolute Gasteiger partial charge is 0.382 e. The van der Waals surface area contributed by atoms with Crippen LogP contribution in [0.1, 0.15) is 16.1 Å². The fourth-order valence-electron chi connectivity index (χ4n) is 1.99. The van der Waals surface area contributed by atoms with Crippen LogP contribution >= 0.6 is 0 Å². The van der Waals surface area contributed by atoms with Crippen molar-refractivity contribution in [2.24, 2.45) is 0 Å². The number of rotatable bonds is 0. The van der Waals surface area contributed by atoms with Crippen molar-refractivity contribution in [3.05, 3.63) is 29.6 Å². The van der Waals surface area contributed by atoms with Gasteiger partial charge in [0.25, 0.3) is 5.91 Å². The zero-order valence-corrected chi connectivity index (χ0v) is 9.45. The zero-order chi connectivity index (χ0) is 11.8. The molecule has 0 aliphatic carbocycles. The Labute approximate surface area is 98.3 Å². The van der Waals surface area contributed by atoms with E-state index in [1.165, 1.54) is 0 Å². The van der Waals surface area contributed by atoms with Gasteiger partial charge in [0.2, 0.25) is 0 Å². The molecule has 1 aliphatic heterocycles. The highest BCUT2D eigenvalue weighted by molar-refractivity contribution is 6.06. The predicted molar refractivity (Wildman–Crippen MR) is 65.1 cm³/mol. The molecule has 0 saturated carbocycles. The van der Waals surface area contributed by atoms with Gasteiger partial charge < -0.3 is 10.6 Å². The molecule has 3 heterocycles. The second-order valence-corrected chi connectivity index (χ2v) is 4.05. The highest BCUT2D eigenvalue weighted by Gasteiger charge is 2.18. The van der Waals surface area contributed by atoms with Crippen LogP contribution in [0.5, 0.6) is 0 Å². The van der Waals surface area contributed by atoms with Crippen LogP contribution in [-0.4, -0.2) is 29.0 Å². The molecule has 2 N–H and O–H groups in total. The quantitative estimate of drug-likeness (QED) is 0.708. The van der Waals surface area contributed by atoms with Crippen LogP contribution < -0.4 is 10.6 Å². The number of hydrogen-bond donors (Lipinski definition) is 2. The molecule has 2 aromatic heterocycles. The van der Waals surface area contributed by atoms with Gasteiger partial charge in [-0.15, -0.1) is 0 Å². The number of carbonyl (C=O) groups is 1. The van der Waals surface area contributed by atoms with Crippen LogP contribution in [0.2, 0.25) is 0 Å². The monoisotopic (exact) mass is 228 g/mol. The van der Waals surface area contributed by atoms with Crippen molar-refractivity contribution < 1.29 is 4.79 Å². The van der Waals surface area contributed by atoms with Crippen molar-refractivity contribution >= 4 is 22.6 Å². The van der Waals surface area contributed by atoms with Crippen molar-refractivity contribution in [2.75, 3.05) is 18.4 Å². The van der Waals surface area contributed by atoms with Crippen LogP contribution in [0.4, 0.5) is 5.69 Å². The van der Waals surface area contributed by atoms with Crippen LogP contribution in [0.25, 0.3) is 11.0 Å². The molecule has 5 heteroatoms. The van der Waals surface area contributed by atoms with E-state index < -0.39 is 0 Å². The Kier molecular flexibility index (Phi) is 2.18. The first-order valence-electron chi connectivity index (χ1n) is 5.54. The van der Waals surface area contributed by atoms with Crippen LogP contribution in [0.3, 0.4) is 0 Å². The van der Waals surface area contributed by atoms with E-state index in [1.807, 2.05) is 19.1 Å². The maximum Gasteiger partial charge on any atom is 0.255 e. The van der Waals surface area contributed by atoms with E-state index >= 15 is 0 Å². The van der Waals surface area contributed by atoms with E-state index in [9.17, 15) is 4.79 Å². The summed E-state index contributed by atoms with van der Waals surface area (Å²) in [4.78, 5) is 20.4. The number of fused-ring (bicyclic) bond motifs is 3. The number of aromatic nitrogens is 2. The van der Waals surface area contributed by atoms with Gasteiger partial charge in [0.15, 0.2) is 5.65 Å². The molecule has 86 valence electrons. The van der Waals surface area contributed by atoms with Gasteiger partial charge in [-0.05, 0) is 19.1 Å². The number of anilines is 1. The summed E-state index contributed by atoms with van der Waals surface area (Å²) in [5.74, 6) is -0.0834. The molecule has 0 unspecified atom stereocenters. The molecule has 0 radical (unpaired) electrons. The van der Waals surface area contributed by atoms with Gasteiger partial charge in [-0.25, -0.2) is 9.97 Å². The van der Waals surface area contributed by atoms with Crippen LogP contribution in [0.15, 0.2) is 18.3 Å². The van der Waals surface area contributed by atoms with Crippen molar-refractivity contribution in [3.63, 3.8) is 0 Å². The first kappa shape index (κ1) is 10.0. The highest BCUT2D eigenvalue weighted by atomic mass is 16.1. The van der Waals surface area contributed by atoms with Gasteiger partial charge in [0.05, 0.1) is 11.3 Å². The van der Waals surface area contributed by atoms with E-state index in [4.69, 9.17) is 0 Å². The van der Waals surface area contributed by atoms with Crippen molar-refractivity contribution in [1.29, 1.82) is 0 Å². The molecular formula is C12H12N4O. The van der Waals surface area contributed by atoms with E-state index in [1.54, 1.807) is 6.20 Å². The van der Waals surface area contributed by atoms with Crippen LogP contribution in [0, 0.1) is 6.92 Å². The topological polar surface area (TPSA) is 66.9 Å². The molecular weight excluding hydrogens is 216 g/mol. The van der Waals surface area contributed by atoms with Gasteiger partial charge in [0.1, 0.15) is 0 Å². The van der Waals surface area contributed by atoms with E-state index in [0.717, 1.165) is 16.8 Å². The molecule has 17 heavy (non-hydrogen) atoms. The Morgan fingerprint density at radius 3 is 2.94 bits per heavy atom. The lowest BCUT2D eigenvalue weighted by atomic mass is 10.1. The number of nitrogens with one attached hydrogen (secondary N) is 2. The minimum absolute atomic E-state index is 0.0834. The summed E-state index contributed by atoms with van der Waals surface area (Å²) in [5, 5.41) is 6.96. The molecule has 0 aromatic carbocycles. The summed E-state index contributed by atoms with van der Waals surface area (Å²) in [7, 11) is 0. The lowest BCUT2D eigenvalue weighted by Gasteiger charge is -2.09. The Morgan fingerprint density at radius 1 is 1.24 bits per heavy atom. The normalized spacial score (nSPS) is 14.8. The molecule has 1 amide bonds. The first-order chi connectivity index (χ1) is 8.25. The van der Waals surface area contributed by atoms with Crippen molar-refractivity contribution in [1.82, 2.24) is 15.3 Å². The van der Waals surface area contributed by atoms with Crippen molar-refractivity contribution in [2.45, 2.75) is 6.92 Å². The van der Waals surface area contributed by atoms with Crippen LogP contribution in [-0.2, 0) is 0 Å². The molecule has 2 aromatic rings. The standard InChI is InChI=1S/C12H12N4O/c1-7-2-3-8-10-9(6-15-11(8)16-7)12(17)14-5-4-13-10/h2-3,6,13H,4-5H2,1H3,(H,14,17). The average Bonchev–Trinajstić information content (AvgIpc) is 2.51. The van der Waals surface area contributed by atoms with Gasteiger partial charge in [-0.2, -0.15) is 0 Å². The number of hydrogen-bond acceptors (Lipinski definition) is 4. The summed E-state index contributed by atoms with van der Waals surface area (Å²) in [6.07, 6.45) is 1.58. The fraction of sp³-hybridized carbons (Fsp3) is 0.250. The number of pyridine rings is 2. The fourth-order valence-corrected chi connectivity index (χ4v) is 1.99. The maximum absolute atomic E-state index is 11.8. The summed E-state index contributed by atoms with van der Waals surface area (Å²) >= 11 is 0. The molecule has 0 atom stereocenters. The summed E-state index contributed by atoms with van der Waals surface area (Å²) < 4.78 is 0. The second-order valence-electron chi connectivity index (χ2n) is 4.05. The molecule has 0 fully saturated rings. The molecule has 5 nitrogen and oxygen atoms in total. The lowest BCUT2D eigenvalue weighted by molar-refractivity contribution is 0.0958. The van der Waals surface area contributed by atoms with Gasteiger partial charge in [0, 0.05) is 30.4 Å². The lowest BCUT2D eigenvalue weighted by Crippen LogP contribution is -2.24. The third-order valence-electron chi connectivity index (χ3n) is 2.83. The second kappa shape index (κ2) is 3.69. The van der Waals surface area contributed by atoms with E-state index in [-0.39, 0.29) is 5.91 Å². The smallest absolute Gasteiger partial charge is 0.255 e. The molecule has 0 saturated heterocycles. The van der Waals surface area contributed by atoms with E-state index in [0.29, 0.717) is 24.3 Å². The minimum atomic E-state index is -0.0834. The maximum atomic E-state index is 11.8. The Morgan fingerprint density at radius 2 is 2.06 bits per heavy atom. The molecule has 0 bridgehead atoms. The van der Waals surface area contributed by atoms with Gasteiger partial charge >= 0.3 is 0 Å². The predicted octanol–water partition coefficient (Wildman–Crippen LogP) is 1.09. The number of carbonyl (C=O) groups excluding carboxylic acids is 1. The van der Waals surface area contributed by atoms with Crippen molar-refractivity contribution in [3.8, 4) is 0 Å². The molecule has 1 aliphatic rings. The highest BCUT2D eigenvalue weighted by Crippen LogP contribution is 2.25. The SMILES string of the molecule is Cc1ccc2c3c(cnc2n1)C(=O)NCCN3. The third-order valence-corrected chi connectivity index (χ3v) is 2.83. The zero-order valence-electron chi connectivity index (χ0n) is 9.45. The number of aryl methyl sites for hydroxylation is 1. The Bertz CT molecular complexity index is 609. The summed E-state index contributed by atoms with van der Waals surface area (Å²) in [5.41, 5.74) is 3.01.